The molecule has 0 saturated heterocycles. The van der Waals surface area contributed by atoms with Crippen LogP contribution in [-0.4, -0.2) is 22.4 Å². The lowest BCUT2D eigenvalue weighted by Gasteiger charge is -2.19. The van der Waals surface area contributed by atoms with Gasteiger partial charge >= 0.3 is 0 Å². The van der Waals surface area contributed by atoms with E-state index in [0.29, 0.717) is 6.10 Å². The molecule has 21 heavy (non-hydrogen) atoms. The first-order valence-corrected chi connectivity index (χ1v) is 7.76. The van der Waals surface area contributed by atoms with E-state index in [1.54, 1.807) is 0 Å². The first-order chi connectivity index (χ1) is 10.3. The summed E-state index contributed by atoms with van der Waals surface area (Å²) in [6.45, 7) is 3.16. The molecular weight excluding hydrogens is 262 g/mol. The number of benzene rings is 1. The van der Waals surface area contributed by atoms with Crippen molar-refractivity contribution in [2.45, 2.75) is 38.3 Å². The molecule has 1 atom stereocenters. The van der Waals surface area contributed by atoms with Crippen molar-refractivity contribution in [2.24, 2.45) is 7.05 Å². The van der Waals surface area contributed by atoms with Crippen LogP contribution >= 0.6 is 0 Å². The van der Waals surface area contributed by atoms with Gasteiger partial charge in [-0.05, 0) is 49.6 Å². The number of hydrogen-bond donors (Lipinski definition) is 1. The topological polar surface area (TPSA) is 39.1 Å². The van der Waals surface area contributed by atoms with Crippen LogP contribution < -0.4 is 10.1 Å². The molecule has 0 aliphatic heterocycles. The number of hydrogen-bond acceptors (Lipinski definition) is 3. The molecule has 3 rings (SSSR count). The molecule has 1 saturated carbocycles. The van der Waals surface area contributed by atoms with Crippen LogP contribution in [0.3, 0.4) is 0 Å². The van der Waals surface area contributed by atoms with Crippen LogP contribution in [0.1, 0.15) is 43.5 Å². The number of nitrogens with zero attached hydrogens (tertiary/aromatic N) is 2. The molecular formula is C17H23N3O. The van der Waals surface area contributed by atoms with Gasteiger partial charge in [0.25, 0.3) is 0 Å². The fraction of sp³-hybridized carbons (Fsp3) is 0.471. The minimum absolute atomic E-state index is 0.174. The van der Waals surface area contributed by atoms with Crippen LogP contribution in [0.2, 0.25) is 0 Å². The highest BCUT2D eigenvalue weighted by molar-refractivity contribution is 5.33. The minimum atomic E-state index is 0.174. The summed E-state index contributed by atoms with van der Waals surface area (Å²) in [5.41, 5.74) is 2.43. The summed E-state index contributed by atoms with van der Waals surface area (Å²) in [6.07, 6.45) is 5.79. The number of ether oxygens (including phenoxy) is 1. The van der Waals surface area contributed by atoms with Crippen molar-refractivity contribution in [2.75, 3.05) is 6.54 Å². The first-order valence-electron chi connectivity index (χ1n) is 7.76. The molecule has 1 aromatic heterocycles. The lowest BCUT2D eigenvalue weighted by Crippen LogP contribution is -2.25. The molecule has 1 aliphatic rings. The average Bonchev–Trinajstić information content (AvgIpc) is 3.21. The molecule has 0 radical (unpaired) electrons. The Morgan fingerprint density at radius 3 is 2.62 bits per heavy atom. The third-order valence-electron chi connectivity index (χ3n) is 3.79. The van der Waals surface area contributed by atoms with Crippen LogP contribution in [0.15, 0.2) is 36.5 Å². The highest BCUT2D eigenvalue weighted by atomic mass is 16.5. The predicted molar refractivity (Wildman–Crippen MR) is 83.4 cm³/mol. The molecule has 1 aliphatic carbocycles. The normalized spacial score (nSPS) is 15.9. The molecule has 1 unspecified atom stereocenters. The fourth-order valence-electron chi connectivity index (χ4n) is 2.47. The van der Waals surface area contributed by atoms with E-state index in [1.165, 1.54) is 24.1 Å². The maximum atomic E-state index is 5.82. The molecule has 0 spiro atoms. The second kappa shape index (κ2) is 6.31. The lowest BCUT2D eigenvalue weighted by atomic mass is 10.0. The Kier molecular flexibility index (Phi) is 4.25. The maximum absolute atomic E-state index is 5.82. The van der Waals surface area contributed by atoms with E-state index in [9.17, 15) is 0 Å². The van der Waals surface area contributed by atoms with Crippen LogP contribution in [0.25, 0.3) is 0 Å². The fourth-order valence-corrected chi connectivity index (χ4v) is 2.47. The van der Waals surface area contributed by atoms with Crippen molar-refractivity contribution in [3.8, 4) is 5.75 Å². The molecule has 1 fully saturated rings. The van der Waals surface area contributed by atoms with E-state index >= 15 is 0 Å². The molecule has 0 amide bonds. The van der Waals surface area contributed by atoms with Crippen LogP contribution in [0.5, 0.6) is 5.75 Å². The summed E-state index contributed by atoms with van der Waals surface area (Å²) in [5.74, 6) is 0.973. The van der Waals surface area contributed by atoms with Gasteiger partial charge in [0.2, 0.25) is 0 Å². The van der Waals surface area contributed by atoms with Gasteiger partial charge in [0.15, 0.2) is 0 Å². The molecule has 1 N–H and O–H groups in total. The Bertz CT molecular complexity index is 572. The largest absolute Gasteiger partial charge is 0.490 e. The number of rotatable bonds is 7. The van der Waals surface area contributed by atoms with Crippen molar-refractivity contribution in [3.05, 3.63) is 47.8 Å². The van der Waals surface area contributed by atoms with Crippen molar-refractivity contribution >= 4 is 0 Å². The zero-order valence-electron chi connectivity index (χ0n) is 12.7. The Labute approximate surface area is 126 Å². The molecule has 1 aromatic carbocycles. The molecule has 1 heterocycles. The van der Waals surface area contributed by atoms with Crippen molar-refractivity contribution in [1.82, 2.24) is 15.1 Å². The summed E-state index contributed by atoms with van der Waals surface area (Å²) < 4.78 is 7.75. The summed E-state index contributed by atoms with van der Waals surface area (Å²) in [4.78, 5) is 0. The number of aryl methyl sites for hydroxylation is 1. The van der Waals surface area contributed by atoms with E-state index in [2.05, 4.69) is 47.7 Å². The third-order valence-corrected chi connectivity index (χ3v) is 3.79. The van der Waals surface area contributed by atoms with Gasteiger partial charge in [-0.1, -0.05) is 19.1 Å². The first kappa shape index (κ1) is 14.1. The monoisotopic (exact) mass is 285 g/mol. The van der Waals surface area contributed by atoms with Gasteiger partial charge in [-0.2, -0.15) is 5.10 Å². The maximum Gasteiger partial charge on any atom is 0.119 e. The highest BCUT2D eigenvalue weighted by Gasteiger charge is 2.23. The van der Waals surface area contributed by atoms with Crippen molar-refractivity contribution in [3.63, 3.8) is 0 Å². The SMILES string of the molecule is CCCNC(c1ccc(OC2CC2)cc1)c1ccnn1C. The molecule has 112 valence electrons. The average molecular weight is 285 g/mol. The second-order valence-electron chi connectivity index (χ2n) is 5.65. The van der Waals surface area contributed by atoms with E-state index < -0.39 is 0 Å². The van der Waals surface area contributed by atoms with Gasteiger partial charge in [0.1, 0.15) is 5.75 Å². The van der Waals surface area contributed by atoms with E-state index in [-0.39, 0.29) is 6.04 Å². The second-order valence-corrected chi connectivity index (χ2v) is 5.65. The summed E-state index contributed by atoms with van der Waals surface area (Å²) in [5, 5.41) is 7.89. The smallest absolute Gasteiger partial charge is 0.119 e. The van der Waals surface area contributed by atoms with Gasteiger partial charge in [-0.15, -0.1) is 0 Å². The predicted octanol–water partition coefficient (Wildman–Crippen LogP) is 3.05. The van der Waals surface area contributed by atoms with Crippen molar-refractivity contribution in [1.29, 1.82) is 0 Å². The minimum Gasteiger partial charge on any atom is -0.490 e. The van der Waals surface area contributed by atoms with E-state index in [4.69, 9.17) is 4.74 Å². The quantitative estimate of drug-likeness (QED) is 0.850. The van der Waals surface area contributed by atoms with E-state index in [0.717, 1.165) is 18.7 Å². The third kappa shape index (κ3) is 3.45. The highest BCUT2D eigenvalue weighted by Crippen LogP contribution is 2.28. The van der Waals surface area contributed by atoms with Gasteiger partial charge in [-0.3, -0.25) is 4.68 Å². The number of aromatic nitrogens is 2. The Hall–Kier alpha value is -1.81. The Morgan fingerprint density at radius 2 is 2.05 bits per heavy atom. The number of nitrogens with one attached hydrogen (secondary N) is 1. The lowest BCUT2D eigenvalue weighted by molar-refractivity contribution is 0.303. The van der Waals surface area contributed by atoms with Gasteiger partial charge in [-0.25, -0.2) is 0 Å². The molecule has 0 bridgehead atoms. The van der Waals surface area contributed by atoms with E-state index in [1.807, 2.05) is 17.9 Å². The molecule has 2 aromatic rings. The summed E-state index contributed by atoms with van der Waals surface area (Å²) in [6, 6.07) is 10.7. The Balaban J connectivity index is 1.79. The Morgan fingerprint density at radius 1 is 1.29 bits per heavy atom. The van der Waals surface area contributed by atoms with Gasteiger partial charge in [0, 0.05) is 13.2 Å². The van der Waals surface area contributed by atoms with Crippen LogP contribution in [-0.2, 0) is 7.05 Å². The van der Waals surface area contributed by atoms with Gasteiger partial charge < -0.3 is 10.1 Å². The zero-order chi connectivity index (χ0) is 14.7. The zero-order valence-corrected chi connectivity index (χ0v) is 12.7. The van der Waals surface area contributed by atoms with Gasteiger partial charge in [0.05, 0.1) is 17.8 Å². The van der Waals surface area contributed by atoms with Crippen molar-refractivity contribution < 1.29 is 4.74 Å². The van der Waals surface area contributed by atoms with Crippen LogP contribution in [0, 0.1) is 0 Å². The molecule has 4 heteroatoms. The van der Waals surface area contributed by atoms with Crippen LogP contribution in [0.4, 0.5) is 0 Å². The summed E-state index contributed by atoms with van der Waals surface area (Å²) in [7, 11) is 1.99. The summed E-state index contributed by atoms with van der Waals surface area (Å²) >= 11 is 0. The molecule has 4 nitrogen and oxygen atoms in total. The standard InChI is InChI=1S/C17H23N3O/c1-3-11-18-17(16-10-12-19-20(16)2)13-4-6-14(7-5-13)21-15-8-9-15/h4-7,10,12,15,17-18H,3,8-9,11H2,1-2H3.